The zero-order chi connectivity index (χ0) is 16.4. The molecule has 3 rings (SSSR count). The van der Waals surface area contributed by atoms with E-state index in [2.05, 4.69) is 10.6 Å². The third kappa shape index (κ3) is 3.52. The summed E-state index contributed by atoms with van der Waals surface area (Å²) in [6.07, 6.45) is 2.58. The van der Waals surface area contributed by atoms with Gasteiger partial charge in [-0.1, -0.05) is 0 Å². The van der Waals surface area contributed by atoms with Crippen LogP contribution in [0.2, 0.25) is 0 Å². The van der Waals surface area contributed by atoms with Gasteiger partial charge in [-0.15, -0.1) is 0 Å². The highest BCUT2D eigenvalue weighted by Crippen LogP contribution is 2.26. The summed E-state index contributed by atoms with van der Waals surface area (Å²) in [4.78, 5) is 36.8. The van der Waals surface area contributed by atoms with E-state index in [0.717, 1.165) is 16.9 Å². The van der Waals surface area contributed by atoms with Gasteiger partial charge in [-0.05, 0) is 43.0 Å². The molecule has 2 aliphatic rings. The van der Waals surface area contributed by atoms with Crippen molar-refractivity contribution >= 4 is 29.1 Å². The van der Waals surface area contributed by atoms with Crippen LogP contribution < -0.4 is 10.6 Å². The molecular weight excluding hydrogens is 294 g/mol. The smallest absolute Gasteiger partial charge is 0.227 e. The molecule has 122 valence electrons. The van der Waals surface area contributed by atoms with Crippen molar-refractivity contribution in [3.8, 4) is 0 Å². The van der Waals surface area contributed by atoms with Crippen LogP contribution in [-0.2, 0) is 20.8 Å². The van der Waals surface area contributed by atoms with Crippen LogP contribution in [0.25, 0.3) is 0 Å². The van der Waals surface area contributed by atoms with Gasteiger partial charge in [0, 0.05) is 43.7 Å². The Labute approximate surface area is 135 Å². The first-order valence-corrected chi connectivity index (χ1v) is 8.02. The van der Waals surface area contributed by atoms with Crippen molar-refractivity contribution in [2.24, 2.45) is 5.92 Å². The molecule has 2 N–H and O–H groups in total. The first kappa shape index (κ1) is 15.5. The Balaban J connectivity index is 1.60. The molecular formula is C17H21N3O3. The van der Waals surface area contributed by atoms with Gasteiger partial charge in [0.05, 0.1) is 0 Å². The summed E-state index contributed by atoms with van der Waals surface area (Å²) in [5.74, 6) is 0.0569. The van der Waals surface area contributed by atoms with Crippen LogP contribution in [0.5, 0.6) is 0 Å². The van der Waals surface area contributed by atoms with Gasteiger partial charge in [0.25, 0.3) is 0 Å². The van der Waals surface area contributed by atoms with Gasteiger partial charge in [-0.2, -0.15) is 0 Å². The second-order valence-electron chi connectivity index (χ2n) is 6.19. The number of fused-ring (bicyclic) bond motifs is 1. The summed E-state index contributed by atoms with van der Waals surface area (Å²) in [6, 6.07) is 5.57. The molecule has 1 saturated heterocycles. The topological polar surface area (TPSA) is 78.5 Å². The number of nitrogens with one attached hydrogen (secondary N) is 2. The third-order valence-electron chi connectivity index (χ3n) is 4.58. The Kier molecular flexibility index (Phi) is 4.32. The average Bonchev–Trinajstić information content (AvgIpc) is 2.55. The van der Waals surface area contributed by atoms with Crippen molar-refractivity contribution < 1.29 is 14.4 Å². The first-order chi connectivity index (χ1) is 11.0. The standard InChI is InChI=1S/C17H21N3O3/c1-11(21)20-8-6-12(7-9-20)17(23)18-14-3-4-15-13(10-14)2-5-16(22)19-15/h3-4,10,12H,2,5-9H2,1H3,(H,18,23)(H,19,22). The molecule has 6 nitrogen and oxygen atoms in total. The van der Waals surface area contributed by atoms with Gasteiger partial charge in [0.15, 0.2) is 0 Å². The third-order valence-corrected chi connectivity index (χ3v) is 4.58. The molecule has 0 aromatic heterocycles. The van der Waals surface area contributed by atoms with E-state index in [1.165, 1.54) is 0 Å². The number of carbonyl (C=O) groups is 3. The zero-order valence-electron chi connectivity index (χ0n) is 13.2. The number of hydrogen-bond acceptors (Lipinski definition) is 3. The minimum Gasteiger partial charge on any atom is -0.343 e. The van der Waals surface area contributed by atoms with E-state index >= 15 is 0 Å². The molecule has 2 heterocycles. The van der Waals surface area contributed by atoms with Crippen LogP contribution in [0.3, 0.4) is 0 Å². The minimum atomic E-state index is -0.0543. The molecule has 0 spiro atoms. The summed E-state index contributed by atoms with van der Waals surface area (Å²) < 4.78 is 0. The maximum Gasteiger partial charge on any atom is 0.227 e. The maximum absolute atomic E-state index is 12.4. The lowest BCUT2D eigenvalue weighted by atomic mass is 9.95. The molecule has 1 fully saturated rings. The Hall–Kier alpha value is -2.37. The molecule has 1 aromatic carbocycles. The normalized spacial score (nSPS) is 18.1. The second kappa shape index (κ2) is 6.40. The fourth-order valence-corrected chi connectivity index (χ4v) is 3.16. The molecule has 3 amide bonds. The molecule has 0 saturated carbocycles. The fourth-order valence-electron chi connectivity index (χ4n) is 3.16. The van der Waals surface area contributed by atoms with Gasteiger partial charge >= 0.3 is 0 Å². The van der Waals surface area contributed by atoms with E-state index in [4.69, 9.17) is 0 Å². The van der Waals surface area contributed by atoms with Crippen molar-refractivity contribution in [2.45, 2.75) is 32.6 Å². The van der Waals surface area contributed by atoms with Crippen LogP contribution in [0.1, 0.15) is 31.7 Å². The number of rotatable bonds is 2. The maximum atomic E-state index is 12.4. The summed E-state index contributed by atoms with van der Waals surface area (Å²) in [6.45, 7) is 2.85. The van der Waals surface area contributed by atoms with E-state index in [0.29, 0.717) is 38.8 Å². The SMILES string of the molecule is CC(=O)N1CCC(C(=O)Nc2ccc3c(c2)CCC(=O)N3)CC1. The van der Waals surface area contributed by atoms with Crippen molar-refractivity contribution in [2.75, 3.05) is 23.7 Å². The van der Waals surface area contributed by atoms with Crippen molar-refractivity contribution in [3.05, 3.63) is 23.8 Å². The molecule has 0 aliphatic carbocycles. The predicted octanol–water partition coefficient (Wildman–Crippen LogP) is 1.77. The van der Waals surface area contributed by atoms with Crippen LogP contribution in [-0.4, -0.2) is 35.7 Å². The number of likely N-dealkylation sites (tertiary alicyclic amines) is 1. The first-order valence-electron chi connectivity index (χ1n) is 8.02. The Bertz CT molecular complexity index is 648. The monoisotopic (exact) mass is 315 g/mol. The lowest BCUT2D eigenvalue weighted by molar-refractivity contribution is -0.132. The lowest BCUT2D eigenvalue weighted by Crippen LogP contribution is -2.40. The number of benzene rings is 1. The zero-order valence-corrected chi connectivity index (χ0v) is 13.2. The fraction of sp³-hybridized carbons (Fsp3) is 0.471. The van der Waals surface area contributed by atoms with Crippen LogP contribution in [0, 0.1) is 5.92 Å². The molecule has 0 bridgehead atoms. The highest BCUT2D eigenvalue weighted by atomic mass is 16.2. The van der Waals surface area contributed by atoms with E-state index in [-0.39, 0.29) is 23.6 Å². The Morgan fingerprint density at radius 2 is 1.96 bits per heavy atom. The summed E-state index contributed by atoms with van der Waals surface area (Å²) >= 11 is 0. The summed E-state index contributed by atoms with van der Waals surface area (Å²) in [7, 11) is 0. The number of amides is 3. The van der Waals surface area contributed by atoms with E-state index < -0.39 is 0 Å². The average molecular weight is 315 g/mol. The number of anilines is 2. The van der Waals surface area contributed by atoms with Crippen molar-refractivity contribution in [1.82, 2.24) is 4.90 Å². The van der Waals surface area contributed by atoms with Crippen LogP contribution in [0.15, 0.2) is 18.2 Å². The molecule has 2 aliphatic heterocycles. The van der Waals surface area contributed by atoms with Gasteiger partial charge in [-0.25, -0.2) is 0 Å². The van der Waals surface area contributed by atoms with Gasteiger partial charge in [-0.3, -0.25) is 14.4 Å². The number of aryl methyl sites for hydroxylation is 1. The number of carbonyl (C=O) groups excluding carboxylic acids is 3. The summed E-state index contributed by atoms with van der Waals surface area (Å²) in [5.41, 5.74) is 2.64. The minimum absolute atomic E-state index is 0.00740. The second-order valence-corrected chi connectivity index (χ2v) is 6.19. The van der Waals surface area contributed by atoms with Gasteiger partial charge in [0.1, 0.15) is 0 Å². The van der Waals surface area contributed by atoms with Crippen molar-refractivity contribution in [3.63, 3.8) is 0 Å². The van der Waals surface area contributed by atoms with Crippen LogP contribution in [0.4, 0.5) is 11.4 Å². The van der Waals surface area contributed by atoms with E-state index in [9.17, 15) is 14.4 Å². The van der Waals surface area contributed by atoms with E-state index in [1.54, 1.807) is 11.8 Å². The van der Waals surface area contributed by atoms with E-state index in [1.807, 2.05) is 18.2 Å². The molecule has 1 aromatic rings. The Morgan fingerprint density at radius 3 is 2.65 bits per heavy atom. The number of hydrogen-bond donors (Lipinski definition) is 2. The summed E-state index contributed by atoms with van der Waals surface area (Å²) in [5, 5.41) is 5.79. The molecule has 23 heavy (non-hydrogen) atoms. The highest BCUT2D eigenvalue weighted by molar-refractivity contribution is 5.96. The predicted molar refractivity (Wildman–Crippen MR) is 87.0 cm³/mol. The number of nitrogens with zero attached hydrogens (tertiary/aromatic N) is 1. The molecule has 0 unspecified atom stereocenters. The van der Waals surface area contributed by atoms with Crippen molar-refractivity contribution in [1.29, 1.82) is 0 Å². The van der Waals surface area contributed by atoms with Crippen LogP contribution >= 0.6 is 0 Å². The molecule has 0 atom stereocenters. The van der Waals surface area contributed by atoms with Gasteiger partial charge < -0.3 is 15.5 Å². The number of piperidine rings is 1. The Morgan fingerprint density at radius 1 is 1.22 bits per heavy atom. The highest BCUT2D eigenvalue weighted by Gasteiger charge is 2.26. The molecule has 6 heteroatoms. The molecule has 0 radical (unpaired) electrons. The van der Waals surface area contributed by atoms with Gasteiger partial charge in [0.2, 0.25) is 17.7 Å². The quantitative estimate of drug-likeness (QED) is 0.873. The largest absolute Gasteiger partial charge is 0.343 e. The lowest BCUT2D eigenvalue weighted by Gasteiger charge is -2.30.